The Morgan fingerprint density at radius 2 is 1.83 bits per heavy atom. The van der Waals surface area contributed by atoms with Gasteiger partial charge in [-0.2, -0.15) is 8.78 Å². The first-order valence-corrected chi connectivity index (χ1v) is 8.91. The number of hydrogen-bond acceptors (Lipinski definition) is 4. The van der Waals surface area contributed by atoms with Gasteiger partial charge in [0.15, 0.2) is 0 Å². The number of aliphatic carboxylic acids is 1. The third-order valence-corrected chi connectivity index (χ3v) is 5.70. The van der Waals surface area contributed by atoms with E-state index in [1.54, 1.807) is 0 Å². The molecule has 2 fully saturated rings. The average Bonchev–Trinajstić information content (AvgIpc) is 3.05. The lowest BCUT2D eigenvalue weighted by molar-refractivity contribution is -0.171. The summed E-state index contributed by atoms with van der Waals surface area (Å²) in [5, 5.41) is 11.2. The third-order valence-electron chi connectivity index (χ3n) is 5.70. The summed E-state index contributed by atoms with van der Waals surface area (Å²) >= 11 is 0. The van der Waals surface area contributed by atoms with Crippen LogP contribution in [0.5, 0.6) is 0 Å². The Bertz CT molecular complexity index is 470. The van der Waals surface area contributed by atoms with Gasteiger partial charge in [-0.25, -0.2) is 5.43 Å². The first kappa shape index (κ1) is 17.6. The molecule has 2 aliphatic carbocycles. The quantitative estimate of drug-likeness (QED) is 0.802. The number of ether oxygens (including phenoxy) is 1. The second-order valence-electron chi connectivity index (χ2n) is 7.16. The molecule has 7 heteroatoms. The number of carbonyl (C=O) groups is 1. The second-order valence-corrected chi connectivity index (χ2v) is 7.16. The van der Waals surface area contributed by atoms with E-state index in [0.29, 0.717) is 24.8 Å². The lowest BCUT2D eigenvalue weighted by Gasteiger charge is -2.34. The summed E-state index contributed by atoms with van der Waals surface area (Å²) in [6.45, 7) is -1.86. The summed E-state index contributed by atoms with van der Waals surface area (Å²) in [4.78, 5) is 11.0. The molecule has 0 bridgehead atoms. The van der Waals surface area contributed by atoms with Crippen LogP contribution in [0.3, 0.4) is 0 Å². The minimum Gasteiger partial charge on any atom is -0.481 e. The smallest absolute Gasteiger partial charge is 0.345 e. The summed E-state index contributed by atoms with van der Waals surface area (Å²) < 4.78 is 29.1. The van der Waals surface area contributed by atoms with E-state index in [1.807, 2.05) is 0 Å². The molecule has 0 aromatic rings. The van der Waals surface area contributed by atoms with Crippen LogP contribution in [0.25, 0.3) is 0 Å². The number of rotatable bonds is 5. The largest absolute Gasteiger partial charge is 0.481 e. The van der Waals surface area contributed by atoms with E-state index in [1.165, 1.54) is 5.57 Å². The van der Waals surface area contributed by atoms with E-state index in [-0.39, 0.29) is 12.0 Å². The van der Waals surface area contributed by atoms with Crippen LogP contribution in [0.1, 0.15) is 51.4 Å². The Labute approximate surface area is 141 Å². The summed E-state index contributed by atoms with van der Waals surface area (Å²) in [6, 6.07) is 0.329. The summed E-state index contributed by atoms with van der Waals surface area (Å²) in [7, 11) is 0. The molecule has 0 atom stereocenters. The van der Waals surface area contributed by atoms with Crippen LogP contribution in [-0.4, -0.2) is 41.4 Å². The number of hydrogen-bond donors (Lipinski definition) is 2. The number of halogens is 2. The highest BCUT2D eigenvalue weighted by Gasteiger charge is 2.32. The van der Waals surface area contributed by atoms with Crippen molar-refractivity contribution in [2.45, 2.75) is 70.1 Å². The molecule has 0 unspecified atom stereocenters. The zero-order valence-electron chi connectivity index (χ0n) is 13.8. The van der Waals surface area contributed by atoms with E-state index in [0.717, 1.165) is 45.1 Å². The van der Waals surface area contributed by atoms with Crippen molar-refractivity contribution in [3.8, 4) is 0 Å². The van der Waals surface area contributed by atoms with Gasteiger partial charge >= 0.3 is 12.6 Å². The minimum absolute atomic E-state index is 0.183. The standard InChI is InChI=1S/C17H26F2N2O3/c18-17(19)24-15-7-5-14(6-8-15)21-10-13(9-20-21)11-1-3-12(4-2-11)16(22)23/h10-12,14-15,17,20H,1-9H2,(H,22,23). The van der Waals surface area contributed by atoms with Gasteiger partial charge in [0.2, 0.25) is 0 Å². The lowest BCUT2D eigenvalue weighted by Crippen LogP contribution is -2.42. The van der Waals surface area contributed by atoms with Crippen molar-refractivity contribution >= 4 is 5.97 Å². The van der Waals surface area contributed by atoms with Crippen molar-refractivity contribution in [2.24, 2.45) is 11.8 Å². The average molecular weight is 344 g/mol. The molecule has 136 valence electrons. The fraction of sp³-hybridized carbons (Fsp3) is 0.824. The third kappa shape index (κ3) is 4.25. The molecule has 24 heavy (non-hydrogen) atoms. The van der Waals surface area contributed by atoms with Gasteiger partial charge in [0.25, 0.3) is 0 Å². The first-order chi connectivity index (χ1) is 11.5. The van der Waals surface area contributed by atoms with Crippen molar-refractivity contribution in [3.05, 3.63) is 11.8 Å². The normalized spacial score (nSPS) is 34.5. The summed E-state index contributed by atoms with van der Waals surface area (Å²) in [5.41, 5.74) is 4.75. The fourth-order valence-electron chi connectivity index (χ4n) is 4.25. The van der Waals surface area contributed by atoms with Crippen molar-refractivity contribution in [3.63, 3.8) is 0 Å². The molecule has 0 radical (unpaired) electrons. The highest BCUT2D eigenvalue weighted by Crippen LogP contribution is 2.35. The molecule has 1 aliphatic heterocycles. The van der Waals surface area contributed by atoms with E-state index >= 15 is 0 Å². The zero-order chi connectivity index (χ0) is 17.1. The number of nitrogens with one attached hydrogen (secondary N) is 1. The number of alkyl halides is 2. The van der Waals surface area contributed by atoms with Gasteiger partial charge in [-0.05, 0) is 62.9 Å². The summed E-state index contributed by atoms with van der Waals surface area (Å²) in [5.74, 6) is -0.384. The predicted molar refractivity (Wildman–Crippen MR) is 84.1 cm³/mol. The van der Waals surface area contributed by atoms with Crippen molar-refractivity contribution < 1.29 is 23.4 Å². The molecule has 3 rings (SSSR count). The van der Waals surface area contributed by atoms with Gasteiger partial charge in [-0.15, -0.1) is 0 Å². The Morgan fingerprint density at radius 3 is 2.42 bits per heavy atom. The van der Waals surface area contributed by atoms with E-state index < -0.39 is 12.6 Å². The van der Waals surface area contributed by atoms with Crippen molar-refractivity contribution in [1.29, 1.82) is 0 Å². The van der Waals surface area contributed by atoms with Crippen LogP contribution in [0.15, 0.2) is 11.8 Å². The van der Waals surface area contributed by atoms with Crippen LogP contribution in [-0.2, 0) is 9.53 Å². The van der Waals surface area contributed by atoms with Gasteiger partial charge in [-0.1, -0.05) is 0 Å². The molecule has 2 N–H and O–H groups in total. The topological polar surface area (TPSA) is 61.8 Å². The molecule has 0 saturated heterocycles. The summed E-state index contributed by atoms with van der Waals surface area (Å²) in [6.07, 6.45) is 8.27. The fourth-order valence-corrected chi connectivity index (χ4v) is 4.25. The molecule has 3 aliphatic rings. The van der Waals surface area contributed by atoms with Crippen LogP contribution < -0.4 is 5.43 Å². The van der Waals surface area contributed by atoms with E-state index in [4.69, 9.17) is 5.11 Å². The van der Waals surface area contributed by atoms with Gasteiger partial charge in [0.05, 0.1) is 12.0 Å². The highest BCUT2D eigenvalue weighted by molar-refractivity contribution is 5.70. The van der Waals surface area contributed by atoms with E-state index in [9.17, 15) is 13.6 Å². The van der Waals surface area contributed by atoms with Gasteiger partial charge in [-0.3, -0.25) is 4.79 Å². The maximum Gasteiger partial charge on any atom is 0.345 e. The second kappa shape index (κ2) is 7.78. The Kier molecular flexibility index (Phi) is 5.71. The predicted octanol–water partition coefficient (Wildman–Crippen LogP) is 3.13. The van der Waals surface area contributed by atoms with Crippen molar-refractivity contribution in [1.82, 2.24) is 10.4 Å². The SMILES string of the molecule is O=C(O)C1CCC(C2=CN(C3CCC(OC(F)F)CC3)NC2)CC1. The zero-order valence-corrected chi connectivity index (χ0v) is 13.8. The monoisotopic (exact) mass is 344 g/mol. The molecular weight excluding hydrogens is 318 g/mol. The highest BCUT2D eigenvalue weighted by atomic mass is 19.3. The molecule has 0 amide bonds. The van der Waals surface area contributed by atoms with Crippen LogP contribution in [0.2, 0.25) is 0 Å². The van der Waals surface area contributed by atoms with Crippen LogP contribution in [0, 0.1) is 11.8 Å². The molecule has 0 aromatic heterocycles. The Balaban J connectivity index is 1.47. The maximum atomic E-state index is 12.3. The number of hydrazine groups is 1. The number of nitrogens with zero attached hydrogens (tertiary/aromatic N) is 1. The number of carboxylic acid groups (broad SMARTS) is 1. The number of carboxylic acids is 1. The molecule has 0 spiro atoms. The molecular formula is C17H26F2N2O3. The first-order valence-electron chi connectivity index (χ1n) is 8.91. The van der Waals surface area contributed by atoms with Crippen LogP contribution >= 0.6 is 0 Å². The van der Waals surface area contributed by atoms with Crippen molar-refractivity contribution in [2.75, 3.05) is 6.54 Å². The van der Waals surface area contributed by atoms with E-state index in [2.05, 4.69) is 21.4 Å². The van der Waals surface area contributed by atoms with Gasteiger partial charge in [0.1, 0.15) is 0 Å². The van der Waals surface area contributed by atoms with Crippen LogP contribution in [0.4, 0.5) is 8.78 Å². The Hall–Kier alpha value is -1.21. The molecule has 2 saturated carbocycles. The minimum atomic E-state index is -2.68. The van der Waals surface area contributed by atoms with Gasteiger partial charge < -0.3 is 14.9 Å². The Morgan fingerprint density at radius 1 is 1.17 bits per heavy atom. The molecule has 1 heterocycles. The molecule has 5 nitrogen and oxygen atoms in total. The lowest BCUT2D eigenvalue weighted by atomic mass is 9.79. The van der Waals surface area contributed by atoms with Gasteiger partial charge in [0, 0.05) is 18.8 Å². The maximum absolute atomic E-state index is 12.3. The molecule has 0 aromatic carbocycles.